The largest absolute Gasteiger partial charge is 0.315 e. The summed E-state index contributed by atoms with van der Waals surface area (Å²) in [5.41, 5.74) is -0.279. The second-order valence-corrected chi connectivity index (χ2v) is 7.46. The number of H-pyrrole nitrogens is 1. The third-order valence-corrected chi connectivity index (χ3v) is 5.82. The molecule has 1 amide bonds. The lowest BCUT2D eigenvalue weighted by Crippen LogP contribution is -2.28. The molecule has 0 atom stereocenters. The molecule has 11 heteroatoms. The van der Waals surface area contributed by atoms with E-state index < -0.39 is 29.6 Å². The standard InChI is InChI=1S/C17H10BrF2N5O2S/c18-9-6-28-17(13(9)16-21-7-22-24-16)23-11(26)5-25-12(27)4-2-8-1-3-10(19)14(20)15(8)25/h1-4,6-7H,5H2,(H,23,26)(H,21,22,24). The molecule has 0 radical (unpaired) electrons. The van der Waals surface area contributed by atoms with Crippen LogP contribution in [0.5, 0.6) is 0 Å². The van der Waals surface area contributed by atoms with Crippen LogP contribution in [0, 0.1) is 11.6 Å². The number of carbonyl (C=O) groups is 1. The lowest BCUT2D eigenvalue weighted by Gasteiger charge is -2.11. The van der Waals surface area contributed by atoms with Crippen LogP contribution in [-0.2, 0) is 11.3 Å². The molecule has 7 nitrogen and oxygen atoms in total. The van der Waals surface area contributed by atoms with Crippen LogP contribution in [0.1, 0.15) is 0 Å². The van der Waals surface area contributed by atoms with Gasteiger partial charge in [0.1, 0.15) is 17.9 Å². The van der Waals surface area contributed by atoms with Crippen molar-refractivity contribution in [2.45, 2.75) is 6.54 Å². The quantitative estimate of drug-likeness (QED) is 0.482. The fraction of sp³-hybridized carbons (Fsp3) is 0.0588. The number of nitrogens with one attached hydrogen (secondary N) is 2. The zero-order valence-corrected chi connectivity index (χ0v) is 16.3. The van der Waals surface area contributed by atoms with Crippen LogP contribution in [0.2, 0.25) is 0 Å². The third kappa shape index (κ3) is 3.22. The summed E-state index contributed by atoms with van der Waals surface area (Å²) in [6.45, 7) is -0.484. The van der Waals surface area contributed by atoms with Gasteiger partial charge in [-0.15, -0.1) is 11.3 Å². The number of halogens is 3. The molecule has 0 aliphatic heterocycles. The van der Waals surface area contributed by atoms with Crippen molar-refractivity contribution in [3.63, 3.8) is 0 Å². The van der Waals surface area contributed by atoms with E-state index in [1.807, 2.05) is 0 Å². The van der Waals surface area contributed by atoms with Crippen molar-refractivity contribution in [1.29, 1.82) is 0 Å². The van der Waals surface area contributed by atoms with Crippen molar-refractivity contribution in [3.05, 3.63) is 62.4 Å². The van der Waals surface area contributed by atoms with Crippen LogP contribution in [0.4, 0.5) is 13.8 Å². The SMILES string of the molecule is O=C(Cn1c(=O)ccc2ccc(F)c(F)c21)Nc1scc(Br)c1-c1ncn[nH]1. The van der Waals surface area contributed by atoms with Crippen LogP contribution >= 0.6 is 27.3 Å². The predicted molar refractivity (Wildman–Crippen MR) is 104 cm³/mol. The number of aromatic nitrogens is 4. The van der Waals surface area contributed by atoms with Gasteiger partial charge in [0.15, 0.2) is 17.5 Å². The number of hydrogen-bond acceptors (Lipinski definition) is 5. The maximum atomic E-state index is 14.3. The smallest absolute Gasteiger partial charge is 0.251 e. The summed E-state index contributed by atoms with van der Waals surface area (Å²) in [5.74, 6) is -2.40. The maximum Gasteiger partial charge on any atom is 0.251 e. The maximum absolute atomic E-state index is 14.3. The second kappa shape index (κ2) is 7.24. The number of aromatic amines is 1. The molecule has 0 spiro atoms. The topological polar surface area (TPSA) is 92.7 Å². The second-order valence-electron chi connectivity index (χ2n) is 5.73. The highest BCUT2D eigenvalue weighted by Gasteiger charge is 2.19. The lowest BCUT2D eigenvalue weighted by molar-refractivity contribution is -0.116. The number of pyridine rings is 1. The molecular formula is C17H10BrF2N5O2S. The summed E-state index contributed by atoms with van der Waals surface area (Å²) >= 11 is 4.62. The first-order chi connectivity index (χ1) is 13.5. The number of nitrogens with zero attached hydrogens (tertiary/aromatic N) is 3. The highest BCUT2D eigenvalue weighted by molar-refractivity contribution is 9.10. The van der Waals surface area contributed by atoms with E-state index >= 15 is 0 Å². The summed E-state index contributed by atoms with van der Waals surface area (Å²) in [7, 11) is 0. The van der Waals surface area contributed by atoms with Crippen LogP contribution in [0.15, 0.2) is 45.2 Å². The van der Waals surface area contributed by atoms with Gasteiger partial charge in [0.05, 0.1) is 11.1 Å². The molecule has 0 unspecified atom stereocenters. The average Bonchev–Trinajstić information content (AvgIpc) is 3.30. The zero-order chi connectivity index (χ0) is 19.8. The van der Waals surface area contributed by atoms with Gasteiger partial charge in [-0.1, -0.05) is 0 Å². The Hall–Kier alpha value is -2.92. The van der Waals surface area contributed by atoms with E-state index in [-0.39, 0.29) is 5.52 Å². The summed E-state index contributed by atoms with van der Waals surface area (Å²) in [6, 6.07) is 4.90. The molecule has 2 N–H and O–H groups in total. The molecule has 28 heavy (non-hydrogen) atoms. The minimum atomic E-state index is -1.18. The first-order valence-corrected chi connectivity index (χ1v) is 9.53. The minimum absolute atomic E-state index is 0.259. The number of hydrogen-bond donors (Lipinski definition) is 2. The Balaban J connectivity index is 1.69. The Morgan fingerprint density at radius 1 is 1.29 bits per heavy atom. The number of benzene rings is 1. The molecule has 142 valence electrons. The van der Waals surface area contributed by atoms with Crippen molar-refractivity contribution in [3.8, 4) is 11.4 Å². The van der Waals surface area contributed by atoms with Gasteiger partial charge in [-0.2, -0.15) is 5.10 Å². The van der Waals surface area contributed by atoms with Crippen LogP contribution in [0.25, 0.3) is 22.3 Å². The van der Waals surface area contributed by atoms with Crippen molar-refractivity contribution >= 4 is 49.1 Å². The van der Waals surface area contributed by atoms with E-state index in [1.165, 1.54) is 35.9 Å². The number of fused-ring (bicyclic) bond motifs is 1. The lowest BCUT2D eigenvalue weighted by atomic mass is 10.2. The molecule has 0 aliphatic rings. The van der Waals surface area contributed by atoms with Gasteiger partial charge in [0, 0.05) is 21.3 Å². The first-order valence-electron chi connectivity index (χ1n) is 7.86. The summed E-state index contributed by atoms with van der Waals surface area (Å²) in [5, 5.41) is 11.7. The van der Waals surface area contributed by atoms with E-state index in [9.17, 15) is 18.4 Å². The molecule has 4 aromatic rings. The van der Waals surface area contributed by atoms with Gasteiger partial charge in [-0.3, -0.25) is 19.3 Å². The molecule has 0 bridgehead atoms. The normalized spacial score (nSPS) is 11.1. The van der Waals surface area contributed by atoms with Crippen LogP contribution < -0.4 is 10.9 Å². The minimum Gasteiger partial charge on any atom is -0.315 e. The van der Waals surface area contributed by atoms with Crippen molar-refractivity contribution in [1.82, 2.24) is 19.7 Å². The summed E-state index contributed by atoms with van der Waals surface area (Å²) < 4.78 is 29.5. The highest BCUT2D eigenvalue weighted by atomic mass is 79.9. The van der Waals surface area contributed by atoms with E-state index in [4.69, 9.17) is 0 Å². The van der Waals surface area contributed by atoms with E-state index in [0.717, 1.165) is 10.6 Å². The molecular weight excluding hydrogens is 456 g/mol. The van der Waals surface area contributed by atoms with Crippen LogP contribution in [0.3, 0.4) is 0 Å². The van der Waals surface area contributed by atoms with Gasteiger partial charge in [0.25, 0.3) is 5.56 Å². The number of thiophene rings is 1. The summed E-state index contributed by atoms with van der Waals surface area (Å²) in [6.07, 6.45) is 1.33. The van der Waals surface area contributed by atoms with E-state index in [1.54, 1.807) is 5.38 Å². The first kappa shape index (κ1) is 18.4. The van der Waals surface area contributed by atoms with Gasteiger partial charge in [-0.05, 0) is 34.1 Å². The van der Waals surface area contributed by atoms with Gasteiger partial charge >= 0.3 is 0 Å². The average molecular weight is 466 g/mol. The Morgan fingerprint density at radius 3 is 2.82 bits per heavy atom. The van der Waals surface area contributed by atoms with Crippen molar-refractivity contribution < 1.29 is 13.6 Å². The molecule has 0 aliphatic carbocycles. The molecule has 3 aromatic heterocycles. The van der Waals surface area contributed by atoms with E-state index in [2.05, 4.69) is 36.4 Å². The highest BCUT2D eigenvalue weighted by Crippen LogP contribution is 2.38. The van der Waals surface area contributed by atoms with Crippen LogP contribution in [-0.4, -0.2) is 25.7 Å². The zero-order valence-electron chi connectivity index (χ0n) is 13.9. The molecule has 3 heterocycles. The van der Waals surface area contributed by atoms with Gasteiger partial charge < -0.3 is 5.32 Å². The van der Waals surface area contributed by atoms with E-state index in [0.29, 0.717) is 26.2 Å². The third-order valence-electron chi connectivity index (χ3n) is 3.99. The molecule has 0 saturated heterocycles. The predicted octanol–water partition coefficient (Wildman–Crippen LogP) is 3.53. The Morgan fingerprint density at radius 2 is 2.07 bits per heavy atom. The van der Waals surface area contributed by atoms with Gasteiger partial charge in [-0.25, -0.2) is 13.8 Å². The number of carbonyl (C=O) groups excluding carboxylic acids is 1. The number of anilines is 1. The molecule has 4 rings (SSSR count). The van der Waals surface area contributed by atoms with Crippen molar-refractivity contribution in [2.75, 3.05) is 5.32 Å². The monoisotopic (exact) mass is 465 g/mol. The summed E-state index contributed by atoms with van der Waals surface area (Å²) in [4.78, 5) is 28.8. The Kier molecular flexibility index (Phi) is 4.77. The fourth-order valence-corrected chi connectivity index (χ4v) is 4.40. The number of rotatable bonds is 4. The Labute approximate surface area is 168 Å². The van der Waals surface area contributed by atoms with Gasteiger partial charge in [0.2, 0.25) is 5.91 Å². The van der Waals surface area contributed by atoms with Crippen molar-refractivity contribution in [2.24, 2.45) is 0 Å². The fourth-order valence-electron chi connectivity index (χ4n) is 2.77. The molecule has 1 aromatic carbocycles. The number of amides is 1. The molecule has 0 fully saturated rings. The Bertz CT molecular complexity index is 1250. The molecule has 0 saturated carbocycles.